The van der Waals surface area contributed by atoms with E-state index in [1.165, 1.54) is 36.4 Å². The number of hydrogen-bond donors (Lipinski definition) is 1. The lowest BCUT2D eigenvalue weighted by Gasteiger charge is -2.10. The van der Waals surface area contributed by atoms with Crippen molar-refractivity contribution in [3.05, 3.63) is 58.7 Å². The van der Waals surface area contributed by atoms with Gasteiger partial charge >= 0.3 is 0 Å². The molecule has 166 valence electrons. The summed E-state index contributed by atoms with van der Waals surface area (Å²) in [5.74, 6) is -0.425. The third-order valence-corrected chi connectivity index (χ3v) is 4.30. The van der Waals surface area contributed by atoms with E-state index in [0.717, 1.165) is 0 Å². The molecular formula is C23H21NO8. The summed E-state index contributed by atoms with van der Waals surface area (Å²) in [6.45, 7) is -0.424. The standard InChI is InChI=1S/C23H21NO8/c25-10-16-3-5-18(12-27)21(8-16)31-14-20(29)2-1-7-24-23(30)15-32-22-9-17(11-26)4-6-19(22)13-28/h3-6,8-13H,1-2,7,14-15H2,(H,24,30). The van der Waals surface area contributed by atoms with E-state index in [-0.39, 0.29) is 54.6 Å². The van der Waals surface area contributed by atoms with Crippen molar-refractivity contribution >= 4 is 36.8 Å². The molecule has 0 saturated heterocycles. The minimum Gasteiger partial charge on any atom is -0.485 e. The summed E-state index contributed by atoms with van der Waals surface area (Å²) in [6, 6.07) is 8.53. The predicted octanol–water partition coefficient (Wildman–Crippen LogP) is 1.86. The number of ketones is 1. The first kappa shape index (κ1) is 24.1. The van der Waals surface area contributed by atoms with Gasteiger partial charge in [-0.15, -0.1) is 0 Å². The topological polar surface area (TPSA) is 133 Å². The molecular weight excluding hydrogens is 418 g/mol. The Hall–Kier alpha value is -4.14. The van der Waals surface area contributed by atoms with Crippen LogP contribution in [0.15, 0.2) is 36.4 Å². The van der Waals surface area contributed by atoms with Gasteiger partial charge in [-0.05, 0) is 30.7 Å². The summed E-state index contributed by atoms with van der Waals surface area (Å²) >= 11 is 0. The van der Waals surface area contributed by atoms with Crippen LogP contribution in [0.5, 0.6) is 11.5 Å². The van der Waals surface area contributed by atoms with Gasteiger partial charge in [-0.3, -0.25) is 28.8 Å². The van der Waals surface area contributed by atoms with Crippen molar-refractivity contribution in [2.45, 2.75) is 12.8 Å². The Morgan fingerprint density at radius 3 is 1.78 bits per heavy atom. The molecule has 0 unspecified atom stereocenters. The highest BCUT2D eigenvalue weighted by atomic mass is 16.5. The zero-order valence-electron chi connectivity index (χ0n) is 17.1. The first-order valence-corrected chi connectivity index (χ1v) is 9.63. The van der Waals surface area contributed by atoms with E-state index in [2.05, 4.69) is 5.32 Å². The normalized spacial score (nSPS) is 10.0. The first-order chi connectivity index (χ1) is 15.5. The molecule has 32 heavy (non-hydrogen) atoms. The highest BCUT2D eigenvalue weighted by Gasteiger charge is 2.10. The Morgan fingerprint density at radius 1 is 0.750 bits per heavy atom. The van der Waals surface area contributed by atoms with Gasteiger partial charge in [0.1, 0.15) is 30.7 Å². The maximum absolute atomic E-state index is 12.0. The fourth-order valence-corrected chi connectivity index (χ4v) is 2.63. The van der Waals surface area contributed by atoms with E-state index in [0.29, 0.717) is 42.7 Å². The molecule has 0 aliphatic heterocycles. The average Bonchev–Trinajstić information content (AvgIpc) is 2.83. The van der Waals surface area contributed by atoms with Crippen LogP contribution in [0, 0.1) is 0 Å². The average molecular weight is 439 g/mol. The number of nitrogens with one attached hydrogen (secondary N) is 1. The SMILES string of the molecule is O=Cc1ccc(C=O)c(OCC(=O)CCCNC(=O)COc2cc(C=O)ccc2C=O)c1. The van der Waals surface area contributed by atoms with Crippen molar-refractivity contribution in [2.24, 2.45) is 0 Å². The molecule has 2 aromatic carbocycles. The minimum absolute atomic E-state index is 0.125. The number of hydrogen-bond acceptors (Lipinski definition) is 8. The van der Waals surface area contributed by atoms with Gasteiger partial charge in [0.25, 0.3) is 5.91 Å². The maximum atomic E-state index is 12.0. The Balaban J connectivity index is 1.71. The number of aldehydes is 4. The van der Waals surface area contributed by atoms with Crippen LogP contribution in [-0.2, 0) is 9.59 Å². The van der Waals surface area contributed by atoms with E-state index in [4.69, 9.17) is 9.47 Å². The van der Waals surface area contributed by atoms with Crippen LogP contribution in [0.4, 0.5) is 0 Å². The van der Waals surface area contributed by atoms with Crippen molar-refractivity contribution in [1.29, 1.82) is 0 Å². The molecule has 1 amide bonds. The Bertz CT molecular complexity index is 934. The summed E-state index contributed by atoms with van der Waals surface area (Å²) in [5.41, 5.74) is 1.07. The molecule has 0 radical (unpaired) electrons. The second kappa shape index (κ2) is 12.5. The number of amides is 1. The molecule has 9 heteroatoms. The second-order valence-electron chi connectivity index (χ2n) is 6.64. The molecule has 0 aliphatic carbocycles. The van der Waals surface area contributed by atoms with Gasteiger partial charge in [0.2, 0.25) is 0 Å². The van der Waals surface area contributed by atoms with Gasteiger partial charge in [0, 0.05) is 24.1 Å². The van der Waals surface area contributed by atoms with E-state index in [1.54, 1.807) is 0 Å². The number of ether oxygens (including phenoxy) is 2. The van der Waals surface area contributed by atoms with Gasteiger partial charge in [0.05, 0.1) is 11.1 Å². The van der Waals surface area contributed by atoms with Gasteiger partial charge in [-0.25, -0.2) is 0 Å². The quantitative estimate of drug-likeness (QED) is 0.348. The van der Waals surface area contributed by atoms with E-state index < -0.39 is 5.91 Å². The number of rotatable bonds is 14. The van der Waals surface area contributed by atoms with Crippen LogP contribution >= 0.6 is 0 Å². The van der Waals surface area contributed by atoms with Gasteiger partial charge < -0.3 is 14.8 Å². The largest absolute Gasteiger partial charge is 0.485 e. The zero-order chi connectivity index (χ0) is 23.3. The number of benzene rings is 2. The highest BCUT2D eigenvalue weighted by molar-refractivity contribution is 5.85. The molecule has 0 saturated carbocycles. The number of carbonyl (C=O) groups excluding carboxylic acids is 6. The summed E-state index contributed by atoms with van der Waals surface area (Å²) in [4.78, 5) is 67.6. The molecule has 0 bridgehead atoms. The van der Waals surface area contributed by atoms with E-state index in [9.17, 15) is 28.8 Å². The van der Waals surface area contributed by atoms with Crippen LogP contribution in [0.3, 0.4) is 0 Å². The molecule has 0 fully saturated rings. The van der Waals surface area contributed by atoms with Crippen LogP contribution in [0.1, 0.15) is 54.3 Å². The summed E-state index contributed by atoms with van der Waals surface area (Å²) < 4.78 is 10.6. The molecule has 0 aromatic heterocycles. The van der Waals surface area contributed by atoms with E-state index in [1.807, 2.05) is 0 Å². The van der Waals surface area contributed by atoms with Gasteiger partial charge in [0.15, 0.2) is 25.0 Å². The Labute approximate surface area is 183 Å². The van der Waals surface area contributed by atoms with Crippen molar-refractivity contribution < 1.29 is 38.2 Å². The lowest BCUT2D eigenvalue weighted by atomic mass is 10.1. The monoisotopic (exact) mass is 439 g/mol. The molecule has 9 nitrogen and oxygen atoms in total. The smallest absolute Gasteiger partial charge is 0.257 e. The molecule has 0 atom stereocenters. The van der Waals surface area contributed by atoms with Crippen LogP contribution in [-0.4, -0.2) is 56.6 Å². The van der Waals surface area contributed by atoms with Crippen molar-refractivity contribution in [1.82, 2.24) is 5.32 Å². The molecule has 1 N–H and O–H groups in total. The van der Waals surface area contributed by atoms with Crippen LogP contribution < -0.4 is 14.8 Å². The lowest BCUT2D eigenvalue weighted by molar-refractivity contribution is -0.124. The predicted molar refractivity (Wildman–Crippen MR) is 113 cm³/mol. The zero-order valence-corrected chi connectivity index (χ0v) is 17.1. The number of carbonyl (C=O) groups is 6. The Morgan fingerprint density at radius 2 is 1.28 bits per heavy atom. The third-order valence-electron chi connectivity index (χ3n) is 4.30. The summed E-state index contributed by atoms with van der Waals surface area (Å²) in [6.07, 6.45) is 2.81. The van der Waals surface area contributed by atoms with Crippen LogP contribution in [0.2, 0.25) is 0 Å². The molecule has 2 rings (SSSR count). The lowest BCUT2D eigenvalue weighted by Crippen LogP contribution is -2.30. The van der Waals surface area contributed by atoms with Crippen molar-refractivity contribution in [3.63, 3.8) is 0 Å². The second-order valence-corrected chi connectivity index (χ2v) is 6.64. The third kappa shape index (κ3) is 7.28. The van der Waals surface area contributed by atoms with Crippen molar-refractivity contribution in [2.75, 3.05) is 19.8 Å². The van der Waals surface area contributed by atoms with E-state index >= 15 is 0 Å². The number of Topliss-reactive ketones (excluding diaryl/α,β-unsaturated/α-hetero) is 1. The highest BCUT2D eigenvalue weighted by Crippen LogP contribution is 2.19. The molecule has 0 spiro atoms. The fraction of sp³-hybridized carbons (Fsp3) is 0.217. The maximum Gasteiger partial charge on any atom is 0.257 e. The minimum atomic E-state index is -0.455. The fourth-order valence-electron chi connectivity index (χ4n) is 2.63. The molecule has 2 aromatic rings. The molecule has 0 heterocycles. The Kier molecular flexibility index (Phi) is 9.45. The summed E-state index contributed by atoms with van der Waals surface area (Å²) in [5, 5.41) is 2.58. The van der Waals surface area contributed by atoms with Crippen LogP contribution in [0.25, 0.3) is 0 Å². The summed E-state index contributed by atoms with van der Waals surface area (Å²) in [7, 11) is 0. The van der Waals surface area contributed by atoms with Gasteiger partial charge in [-0.1, -0.05) is 12.1 Å². The van der Waals surface area contributed by atoms with Crippen molar-refractivity contribution in [3.8, 4) is 11.5 Å². The van der Waals surface area contributed by atoms with Gasteiger partial charge in [-0.2, -0.15) is 0 Å². The first-order valence-electron chi connectivity index (χ1n) is 9.63. The molecule has 0 aliphatic rings.